The maximum Gasteiger partial charge on any atom is 0.0164 e. The molecule has 3 nitrogen and oxygen atoms in total. The first-order valence-electron chi connectivity index (χ1n) is 7.14. The molecule has 0 aromatic heterocycles. The van der Waals surface area contributed by atoms with Gasteiger partial charge in [0.05, 0.1) is 0 Å². The van der Waals surface area contributed by atoms with E-state index in [0.29, 0.717) is 0 Å². The number of piperidine rings is 1. The van der Waals surface area contributed by atoms with Gasteiger partial charge in [-0.2, -0.15) is 0 Å². The Labute approximate surface area is 106 Å². The molecule has 0 saturated carbocycles. The summed E-state index contributed by atoms with van der Waals surface area (Å²) in [5.74, 6) is 0. The van der Waals surface area contributed by atoms with E-state index in [1.807, 2.05) is 0 Å². The van der Waals surface area contributed by atoms with E-state index >= 15 is 0 Å². The molecule has 0 amide bonds. The second-order valence-electron chi connectivity index (χ2n) is 5.39. The van der Waals surface area contributed by atoms with Crippen LogP contribution in [-0.2, 0) is 0 Å². The molecule has 3 heteroatoms. The van der Waals surface area contributed by atoms with Gasteiger partial charge >= 0.3 is 0 Å². The summed E-state index contributed by atoms with van der Waals surface area (Å²) in [4.78, 5) is 5.05. The van der Waals surface area contributed by atoms with Gasteiger partial charge in [0.25, 0.3) is 0 Å². The Morgan fingerprint density at radius 1 is 1.12 bits per heavy atom. The highest BCUT2D eigenvalue weighted by molar-refractivity contribution is 4.90. The molecule has 98 valence electrons. The Bertz CT molecular complexity index is 234. The number of rotatable bonds is 4. The molecule has 1 atom stereocenters. The summed E-state index contributed by atoms with van der Waals surface area (Å²) in [6.07, 6.45) is 10.2. The molecular formula is C14H27N3. The molecule has 2 rings (SSSR count). The largest absolute Gasteiger partial charge is 0.314 e. The molecule has 0 aliphatic carbocycles. The summed E-state index contributed by atoms with van der Waals surface area (Å²) in [5.41, 5.74) is 0. The van der Waals surface area contributed by atoms with E-state index in [1.54, 1.807) is 0 Å². The van der Waals surface area contributed by atoms with Crippen LogP contribution in [0.5, 0.6) is 0 Å². The van der Waals surface area contributed by atoms with Crippen LogP contribution in [0.25, 0.3) is 0 Å². The van der Waals surface area contributed by atoms with Crippen molar-refractivity contribution in [2.75, 3.05) is 46.3 Å². The zero-order valence-corrected chi connectivity index (χ0v) is 11.2. The summed E-state index contributed by atoms with van der Waals surface area (Å²) in [5, 5.41) is 3.39. The fourth-order valence-electron chi connectivity index (χ4n) is 2.81. The number of nitrogens with one attached hydrogen (secondary N) is 1. The molecular weight excluding hydrogens is 210 g/mol. The van der Waals surface area contributed by atoms with E-state index in [9.17, 15) is 0 Å². The standard InChI is InChI=1S/C14H27N3/c1-16-10-4-2-6-14(16)7-3-5-11-17-12-8-15-9-13-17/h3,5,14-15H,2,4,6-13H2,1H3/b5-3-. The van der Waals surface area contributed by atoms with Crippen molar-refractivity contribution >= 4 is 0 Å². The van der Waals surface area contributed by atoms with Crippen molar-refractivity contribution in [1.82, 2.24) is 15.1 Å². The van der Waals surface area contributed by atoms with Crippen LogP contribution in [-0.4, -0.2) is 62.2 Å². The van der Waals surface area contributed by atoms with Crippen molar-refractivity contribution in [3.05, 3.63) is 12.2 Å². The van der Waals surface area contributed by atoms with E-state index in [4.69, 9.17) is 0 Å². The summed E-state index contributed by atoms with van der Waals surface area (Å²) < 4.78 is 0. The fraction of sp³-hybridized carbons (Fsp3) is 0.857. The molecule has 0 aromatic rings. The summed E-state index contributed by atoms with van der Waals surface area (Å²) in [6, 6.07) is 0.794. The molecule has 1 N–H and O–H groups in total. The van der Waals surface area contributed by atoms with Crippen LogP contribution < -0.4 is 5.32 Å². The topological polar surface area (TPSA) is 18.5 Å². The van der Waals surface area contributed by atoms with Gasteiger partial charge in [0.2, 0.25) is 0 Å². The van der Waals surface area contributed by atoms with Crippen molar-refractivity contribution in [1.29, 1.82) is 0 Å². The Morgan fingerprint density at radius 2 is 1.94 bits per heavy atom. The van der Waals surface area contributed by atoms with Gasteiger partial charge in [-0.1, -0.05) is 18.6 Å². The van der Waals surface area contributed by atoms with Gasteiger partial charge in [0.1, 0.15) is 0 Å². The lowest BCUT2D eigenvalue weighted by atomic mass is 10.00. The minimum atomic E-state index is 0.794. The van der Waals surface area contributed by atoms with Gasteiger partial charge in [0.15, 0.2) is 0 Å². The lowest BCUT2D eigenvalue weighted by Crippen LogP contribution is -2.43. The zero-order valence-electron chi connectivity index (χ0n) is 11.2. The first-order valence-corrected chi connectivity index (χ1v) is 7.14. The smallest absolute Gasteiger partial charge is 0.0164 e. The van der Waals surface area contributed by atoms with Crippen molar-refractivity contribution < 1.29 is 0 Å². The van der Waals surface area contributed by atoms with Crippen LogP contribution in [0.4, 0.5) is 0 Å². The first-order chi connectivity index (χ1) is 8.36. The number of likely N-dealkylation sites (tertiary alicyclic amines) is 1. The molecule has 2 heterocycles. The van der Waals surface area contributed by atoms with Crippen LogP contribution in [0.1, 0.15) is 25.7 Å². The van der Waals surface area contributed by atoms with Crippen LogP contribution in [0.2, 0.25) is 0 Å². The normalized spacial score (nSPS) is 28.9. The molecule has 0 spiro atoms. The van der Waals surface area contributed by atoms with E-state index < -0.39 is 0 Å². The lowest BCUT2D eigenvalue weighted by Gasteiger charge is -2.31. The molecule has 0 aromatic carbocycles. The number of nitrogens with zero attached hydrogens (tertiary/aromatic N) is 2. The van der Waals surface area contributed by atoms with E-state index in [1.165, 1.54) is 45.3 Å². The molecule has 17 heavy (non-hydrogen) atoms. The fourth-order valence-corrected chi connectivity index (χ4v) is 2.81. The van der Waals surface area contributed by atoms with Crippen LogP contribution in [0.15, 0.2) is 12.2 Å². The van der Waals surface area contributed by atoms with E-state index in [0.717, 1.165) is 25.7 Å². The van der Waals surface area contributed by atoms with E-state index in [2.05, 4.69) is 34.3 Å². The summed E-state index contributed by atoms with van der Waals surface area (Å²) >= 11 is 0. The highest BCUT2D eigenvalue weighted by Gasteiger charge is 2.16. The Kier molecular flexibility index (Phi) is 5.49. The SMILES string of the molecule is CN1CCCCC1C/C=C\CN1CCNCC1. The first kappa shape index (κ1) is 13.1. The zero-order chi connectivity index (χ0) is 11.9. The number of piperazine rings is 1. The summed E-state index contributed by atoms with van der Waals surface area (Å²) in [7, 11) is 2.27. The third-order valence-electron chi connectivity index (χ3n) is 4.07. The van der Waals surface area contributed by atoms with Crippen LogP contribution in [0.3, 0.4) is 0 Å². The monoisotopic (exact) mass is 237 g/mol. The molecule has 2 aliphatic heterocycles. The molecule has 0 radical (unpaired) electrons. The maximum absolute atomic E-state index is 3.39. The van der Waals surface area contributed by atoms with Crippen molar-refractivity contribution in [3.8, 4) is 0 Å². The van der Waals surface area contributed by atoms with Gasteiger partial charge in [-0.05, 0) is 32.9 Å². The molecule has 0 bridgehead atoms. The van der Waals surface area contributed by atoms with Gasteiger partial charge < -0.3 is 10.2 Å². The van der Waals surface area contributed by atoms with Gasteiger partial charge in [0, 0.05) is 38.8 Å². The number of hydrogen-bond donors (Lipinski definition) is 1. The van der Waals surface area contributed by atoms with Crippen LogP contribution in [0, 0.1) is 0 Å². The van der Waals surface area contributed by atoms with Gasteiger partial charge in [-0.15, -0.1) is 0 Å². The Balaban J connectivity index is 1.62. The second-order valence-corrected chi connectivity index (χ2v) is 5.39. The number of hydrogen-bond acceptors (Lipinski definition) is 3. The summed E-state index contributed by atoms with van der Waals surface area (Å²) in [6.45, 7) is 7.13. The third-order valence-corrected chi connectivity index (χ3v) is 4.07. The van der Waals surface area contributed by atoms with Crippen molar-refractivity contribution in [2.45, 2.75) is 31.7 Å². The maximum atomic E-state index is 3.39. The van der Waals surface area contributed by atoms with Gasteiger partial charge in [-0.25, -0.2) is 0 Å². The van der Waals surface area contributed by atoms with Crippen molar-refractivity contribution in [2.24, 2.45) is 0 Å². The minimum Gasteiger partial charge on any atom is -0.314 e. The average molecular weight is 237 g/mol. The quantitative estimate of drug-likeness (QED) is 0.744. The highest BCUT2D eigenvalue weighted by Crippen LogP contribution is 2.17. The second kappa shape index (κ2) is 7.14. The van der Waals surface area contributed by atoms with E-state index in [-0.39, 0.29) is 0 Å². The third kappa shape index (κ3) is 4.41. The predicted octanol–water partition coefficient (Wildman–Crippen LogP) is 1.32. The predicted molar refractivity (Wildman–Crippen MR) is 73.3 cm³/mol. The Morgan fingerprint density at radius 3 is 2.71 bits per heavy atom. The molecule has 2 saturated heterocycles. The van der Waals surface area contributed by atoms with Crippen LogP contribution >= 0.6 is 0 Å². The lowest BCUT2D eigenvalue weighted by molar-refractivity contribution is 0.187. The molecule has 2 fully saturated rings. The average Bonchev–Trinajstić information content (AvgIpc) is 2.38. The Hall–Kier alpha value is -0.380. The minimum absolute atomic E-state index is 0.794. The molecule has 2 aliphatic rings. The molecule has 1 unspecified atom stereocenters. The highest BCUT2D eigenvalue weighted by atomic mass is 15.2. The van der Waals surface area contributed by atoms with Gasteiger partial charge in [-0.3, -0.25) is 4.90 Å². The van der Waals surface area contributed by atoms with Crippen molar-refractivity contribution in [3.63, 3.8) is 0 Å².